The molecule has 2 aliphatic rings. The van der Waals surface area contributed by atoms with Gasteiger partial charge in [-0.2, -0.15) is 0 Å². The van der Waals surface area contributed by atoms with Gasteiger partial charge in [0.15, 0.2) is 5.82 Å². The molecule has 1 aromatic carbocycles. The SMILES string of the molecule is c1ccc(CSc2nc(N3CCNCC3)nc3c(N4CCOCC4)ncnc23)cc1. The second kappa shape index (κ2) is 9.11. The van der Waals surface area contributed by atoms with Crippen molar-refractivity contribution in [2.75, 3.05) is 62.3 Å². The third kappa shape index (κ3) is 4.19. The lowest BCUT2D eigenvalue weighted by Gasteiger charge is -2.30. The number of morpholine rings is 1. The Bertz CT molecular complexity index is 991. The normalized spacial score (nSPS) is 17.5. The number of nitrogens with one attached hydrogen (secondary N) is 1. The highest BCUT2D eigenvalue weighted by Crippen LogP contribution is 2.32. The smallest absolute Gasteiger partial charge is 0.227 e. The number of hydrogen-bond donors (Lipinski definition) is 1. The fourth-order valence-electron chi connectivity index (χ4n) is 3.74. The van der Waals surface area contributed by atoms with Gasteiger partial charge in [-0.25, -0.2) is 19.9 Å². The number of anilines is 2. The number of thioether (sulfide) groups is 1. The van der Waals surface area contributed by atoms with Crippen molar-refractivity contribution >= 4 is 34.6 Å². The standard InChI is InChI=1S/C21H25N7OS/c1-2-4-16(5-3-1)14-30-20-18-17(25-21(26-20)28-8-6-22-7-9-28)19(24-15-23-18)27-10-12-29-13-11-27/h1-5,15,22H,6-14H2. The molecule has 5 rings (SSSR count). The van der Waals surface area contributed by atoms with E-state index in [2.05, 4.69) is 49.4 Å². The van der Waals surface area contributed by atoms with E-state index >= 15 is 0 Å². The molecule has 2 aliphatic heterocycles. The van der Waals surface area contributed by atoms with Crippen molar-refractivity contribution in [3.63, 3.8) is 0 Å². The zero-order valence-electron chi connectivity index (χ0n) is 16.8. The highest BCUT2D eigenvalue weighted by molar-refractivity contribution is 7.98. The van der Waals surface area contributed by atoms with Gasteiger partial charge in [0.25, 0.3) is 0 Å². The van der Waals surface area contributed by atoms with Crippen LogP contribution in [0.3, 0.4) is 0 Å². The molecule has 30 heavy (non-hydrogen) atoms. The molecule has 0 atom stereocenters. The van der Waals surface area contributed by atoms with Crippen LogP contribution in [0.15, 0.2) is 41.7 Å². The van der Waals surface area contributed by atoms with Crippen LogP contribution < -0.4 is 15.1 Å². The molecular weight excluding hydrogens is 398 g/mol. The van der Waals surface area contributed by atoms with Crippen LogP contribution in [0.25, 0.3) is 11.0 Å². The Kier molecular flexibility index (Phi) is 5.91. The molecule has 2 aromatic heterocycles. The van der Waals surface area contributed by atoms with Crippen LogP contribution in [0.1, 0.15) is 5.56 Å². The number of ether oxygens (including phenoxy) is 1. The van der Waals surface area contributed by atoms with Gasteiger partial charge in [-0.1, -0.05) is 42.1 Å². The molecule has 9 heteroatoms. The molecule has 0 aliphatic carbocycles. The van der Waals surface area contributed by atoms with Gasteiger partial charge in [0.05, 0.1) is 13.2 Å². The molecule has 0 bridgehead atoms. The van der Waals surface area contributed by atoms with Gasteiger partial charge in [0.1, 0.15) is 22.4 Å². The largest absolute Gasteiger partial charge is 0.378 e. The molecule has 3 aromatic rings. The summed E-state index contributed by atoms with van der Waals surface area (Å²) in [7, 11) is 0. The van der Waals surface area contributed by atoms with Crippen LogP contribution >= 0.6 is 11.8 Å². The van der Waals surface area contributed by atoms with E-state index in [9.17, 15) is 0 Å². The van der Waals surface area contributed by atoms with Crippen molar-refractivity contribution < 1.29 is 4.74 Å². The predicted octanol–water partition coefficient (Wildman–Crippen LogP) is 1.96. The molecule has 156 valence electrons. The van der Waals surface area contributed by atoms with Gasteiger partial charge in [-0.15, -0.1) is 0 Å². The van der Waals surface area contributed by atoms with E-state index in [1.165, 1.54) is 5.56 Å². The van der Waals surface area contributed by atoms with Crippen LogP contribution in [0, 0.1) is 0 Å². The van der Waals surface area contributed by atoms with Crippen molar-refractivity contribution in [1.29, 1.82) is 0 Å². The molecule has 2 saturated heterocycles. The van der Waals surface area contributed by atoms with Crippen LogP contribution in [0.5, 0.6) is 0 Å². The molecule has 2 fully saturated rings. The lowest BCUT2D eigenvalue weighted by atomic mass is 10.2. The highest BCUT2D eigenvalue weighted by Gasteiger charge is 2.22. The summed E-state index contributed by atoms with van der Waals surface area (Å²) in [6, 6.07) is 10.5. The van der Waals surface area contributed by atoms with Crippen molar-refractivity contribution in [2.24, 2.45) is 0 Å². The zero-order chi connectivity index (χ0) is 20.2. The highest BCUT2D eigenvalue weighted by atomic mass is 32.2. The predicted molar refractivity (Wildman–Crippen MR) is 119 cm³/mol. The minimum atomic E-state index is 0.705. The number of hydrogen-bond acceptors (Lipinski definition) is 9. The average Bonchev–Trinajstić information content (AvgIpc) is 2.84. The van der Waals surface area contributed by atoms with Gasteiger partial charge in [0.2, 0.25) is 5.95 Å². The van der Waals surface area contributed by atoms with Gasteiger partial charge >= 0.3 is 0 Å². The summed E-state index contributed by atoms with van der Waals surface area (Å²) < 4.78 is 5.53. The molecule has 0 saturated carbocycles. The Morgan fingerprint density at radius 1 is 0.900 bits per heavy atom. The van der Waals surface area contributed by atoms with Gasteiger partial charge < -0.3 is 19.9 Å². The number of piperazine rings is 1. The lowest BCUT2D eigenvalue weighted by molar-refractivity contribution is 0.122. The van der Waals surface area contributed by atoms with E-state index in [1.807, 2.05) is 6.07 Å². The lowest BCUT2D eigenvalue weighted by Crippen LogP contribution is -2.44. The van der Waals surface area contributed by atoms with Crippen molar-refractivity contribution in [3.8, 4) is 0 Å². The molecule has 0 spiro atoms. The third-order valence-corrected chi connectivity index (χ3v) is 6.38. The monoisotopic (exact) mass is 423 g/mol. The Hall–Kier alpha value is -2.49. The van der Waals surface area contributed by atoms with Gasteiger partial charge in [-0.3, -0.25) is 0 Å². The van der Waals surface area contributed by atoms with E-state index in [0.717, 1.165) is 72.8 Å². The Labute approximate surface area is 180 Å². The third-order valence-electron chi connectivity index (χ3n) is 5.35. The summed E-state index contributed by atoms with van der Waals surface area (Å²) in [6.45, 7) is 6.71. The fourth-order valence-corrected chi connectivity index (χ4v) is 4.67. The summed E-state index contributed by atoms with van der Waals surface area (Å²) in [4.78, 5) is 23.6. The molecular formula is C21H25N7OS. The maximum atomic E-state index is 5.53. The van der Waals surface area contributed by atoms with Gasteiger partial charge in [-0.05, 0) is 5.56 Å². The van der Waals surface area contributed by atoms with E-state index in [1.54, 1.807) is 18.1 Å². The Balaban J connectivity index is 1.55. The summed E-state index contributed by atoms with van der Waals surface area (Å²) in [5.74, 6) is 2.48. The zero-order valence-corrected chi connectivity index (χ0v) is 17.6. The quantitative estimate of drug-likeness (QED) is 0.489. The van der Waals surface area contributed by atoms with Crippen LogP contribution in [0.4, 0.5) is 11.8 Å². The summed E-state index contributed by atoms with van der Waals surface area (Å²) in [5, 5.41) is 4.31. The molecule has 0 unspecified atom stereocenters. The maximum absolute atomic E-state index is 5.53. The van der Waals surface area contributed by atoms with E-state index in [0.29, 0.717) is 13.2 Å². The first kappa shape index (κ1) is 19.5. The Morgan fingerprint density at radius 3 is 2.50 bits per heavy atom. The number of rotatable bonds is 5. The summed E-state index contributed by atoms with van der Waals surface area (Å²) >= 11 is 1.71. The van der Waals surface area contributed by atoms with Crippen molar-refractivity contribution in [2.45, 2.75) is 10.8 Å². The Morgan fingerprint density at radius 2 is 1.70 bits per heavy atom. The number of fused-ring (bicyclic) bond motifs is 1. The topological polar surface area (TPSA) is 79.3 Å². The molecule has 4 heterocycles. The van der Waals surface area contributed by atoms with Crippen LogP contribution in [-0.4, -0.2) is 72.4 Å². The molecule has 0 amide bonds. The van der Waals surface area contributed by atoms with E-state index < -0.39 is 0 Å². The summed E-state index contributed by atoms with van der Waals surface area (Å²) in [6.07, 6.45) is 1.63. The van der Waals surface area contributed by atoms with E-state index in [4.69, 9.17) is 14.7 Å². The molecule has 0 radical (unpaired) electrons. The van der Waals surface area contributed by atoms with Gasteiger partial charge in [0, 0.05) is 45.0 Å². The molecule has 8 nitrogen and oxygen atoms in total. The van der Waals surface area contributed by atoms with Crippen LogP contribution in [0.2, 0.25) is 0 Å². The first-order valence-electron chi connectivity index (χ1n) is 10.4. The van der Waals surface area contributed by atoms with Crippen LogP contribution in [-0.2, 0) is 10.5 Å². The minimum absolute atomic E-state index is 0.705. The van der Waals surface area contributed by atoms with E-state index in [-0.39, 0.29) is 0 Å². The minimum Gasteiger partial charge on any atom is -0.378 e. The second-order valence-electron chi connectivity index (χ2n) is 7.33. The average molecular weight is 424 g/mol. The fraction of sp³-hybridized carbons (Fsp3) is 0.429. The summed E-state index contributed by atoms with van der Waals surface area (Å²) in [5.41, 5.74) is 2.92. The number of aromatic nitrogens is 4. The molecule has 1 N–H and O–H groups in total. The van der Waals surface area contributed by atoms with Crippen molar-refractivity contribution in [1.82, 2.24) is 25.3 Å². The first-order valence-corrected chi connectivity index (χ1v) is 11.3. The second-order valence-corrected chi connectivity index (χ2v) is 8.30. The number of benzene rings is 1. The number of nitrogens with zero attached hydrogens (tertiary/aromatic N) is 6. The van der Waals surface area contributed by atoms with Crippen molar-refractivity contribution in [3.05, 3.63) is 42.2 Å². The first-order chi connectivity index (χ1) is 14.9. The maximum Gasteiger partial charge on any atom is 0.227 e.